The molecule has 0 amide bonds. The minimum atomic E-state index is 0.900. The van der Waals surface area contributed by atoms with E-state index >= 15 is 0 Å². The Bertz CT molecular complexity index is 347. The Morgan fingerprint density at radius 2 is 2.33 bits per heavy atom. The summed E-state index contributed by atoms with van der Waals surface area (Å²) in [6, 6.07) is 4.38. The Kier molecular flexibility index (Phi) is 6.15. The van der Waals surface area contributed by atoms with E-state index in [4.69, 9.17) is 0 Å². The maximum absolute atomic E-state index is 3.52. The largest absolute Gasteiger partial charge is 0.316 e. The highest BCUT2D eigenvalue weighted by Crippen LogP contribution is 2.22. The van der Waals surface area contributed by atoms with Crippen molar-refractivity contribution in [1.82, 2.24) is 10.2 Å². The average Bonchev–Trinajstić information content (AvgIpc) is 2.81. The topological polar surface area (TPSA) is 15.3 Å². The van der Waals surface area contributed by atoms with Crippen LogP contribution < -0.4 is 5.32 Å². The van der Waals surface area contributed by atoms with Gasteiger partial charge in [0.15, 0.2) is 0 Å². The molecule has 2 heterocycles. The summed E-state index contributed by atoms with van der Waals surface area (Å²) >= 11 is 5.38. The number of likely N-dealkylation sites (N-methyl/N-ethyl adjacent to an activating group) is 1. The molecule has 2 rings (SSSR count). The predicted molar refractivity (Wildman–Crippen MR) is 83.4 cm³/mol. The molecule has 1 aliphatic rings. The van der Waals surface area contributed by atoms with Crippen molar-refractivity contribution >= 4 is 27.3 Å². The molecular formula is C14H23BrN2S. The first-order valence-electron chi connectivity index (χ1n) is 6.87. The van der Waals surface area contributed by atoms with Gasteiger partial charge in [-0.05, 0) is 86.3 Å². The fourth-order valence-corrected chi connectivity index (χ4v) is 3.94. The number of nitrogens with zero attached hydrogens (tertiary/aromatic N) is 1. The van der Waals surface area contributed by atoms with E-state index in [2.05, 4.69) is 45.3 Å². The molecule has 2 nitrogen and oxygen atoms in total. The lowest BCUT2D eigenvalue weighted by Crippen LogP contribution is -2.32. The van der Waals surface area contributed by atoms with Crippen molar-refractivity contribution in [3.63, 3.8) is 0 Å². The Morgan fingerprint density at radius 1 is 1.44 bits per heavy atom. The molecule has 18 heavy (non-hydrogen) atoms. The zero-order valence-electron chi connectivity index (χ0n) is 11.1. The van der Waals surface area contributed by atoms with Crippen LogP contribution in [0.4, 0.5) is 0 Å². The smallest absolute Gasteiger partial charge is 0.0701 e. The second-order valence-corrected chi connectivity index (χ2v) is 7.81. The lowest BCUT2D eigenvalue weighted by molar-refractivity contribution is 0.276. The molecule has 0 saturated carbocycles. The van der Waals surface area contributed by atoms with E-state index in [1.54, 1.807) is 0 Å². The van der Waals surface area contributed by atoms with Crippen molar-refractivity contribution in [1.29, 1.82) is 0 Å². The van der Waals surface area contributed by atoms with Crippen molar-refractivity contribution in [3.8, 4) is 0 Å². The third kappa shape index (κ3) is 5.00. The summed E-state index contributed by atoms with van der Waals surface area (Å²) < 4.78 is 1.24. The summed E-state index contributed by atoms with van der Waals surface area (Å²) in [5, 5.41) is 3.50. The zero-order chi connectivity index (χ0) is 12.8. The maximum atomic E-state index is 3.52. The SMILES string of the molecule is CN(CCc1ccc(Br)s1)CCC1CCCNC1. The normalized spacial score (nSPS) is 20.5. The van der Waals surface area contributed by atoms with Gasteiger partial charge in [-0.2, -0.15) is 0 Å². The molecule has 1 unspecified atom stereocenters. The average molecular weight is 331 g/mol. The Labute approximate surface area is 123 Å². The van der Waals surface area contributed by atoms with Crippen molar-refractivity contribution in [2.75, 3.05) is 33.2 Å². The summed E-state index contributed by atoms with van der Waals surface area (Å²) in [6.07, 6.45) is 5.30. The molecule has 1 aromatic rings. The van der Waals surface area contributed by atoms with Crippen LogP contribution in [0.3, 0.4) is 0 Å². The second-order valence-electron chi connectivity index (χ2n) is 5.26. The monoisotopic (exact) mass is 330 g/mol. The van der Waals surface area contributed by atoms with Crippen LogP contribution in [0.15, 0.2) is 15.9 Å². The summed E-state index contributed by atoms with van der Waals surface area (Å²) in [5.74, 6) is 0.900. The highest BCUT2D eigenvalue weighted by molar-refractivity contribution is 9.11. The van der Waals surface area contributed by atoms with Crippen LogP contribution in [0.2, 0.25) is 0 Å². The Balaban J connectivity index is 1.61. The molecule has 102 valence electrons. The Hall–Kier alpha value is 0.1000. The molecule has 0 aliphatic carbocycles. The summed E-state index contributed by atoms with van der Waals surface area (Å²) in [7, 11) is 2.25. The number of nitrogens with one attached hydrogen (secondary N) is 1. The van der Waals surface area contributed by atoms with Crippen molar-refractivity contribution in [2.45, 2.75) is 25.7 Å². The quantitative estimate of drug-likeness (QED) is 0.860. The molecule has 4 heteroatoms. The van der Waals surface area contributed by atoms with E-state index in [0.29, 0.717) is 0 Å². The number of halogens is 1. The van der Waals surface area contributed by atoms with Gasteiger partial charge in [0, 0.05) is 11.4 Å². The van der Waals surface area contributed by atoms with Crippen LogP contribution in [-0.2, 0) is 6.42 Å². The standard InChI is InChI=1S/C14H23BrN2S/c1-17(9-6-12-3-2-8-16-11-12)10-7-13-4-5-14(15)18-13/h4-5,12,16H,2-3,6-11H2,1H3. The highest BCUT2D eigenvalue weighted by atomic mass is 79.9. The molecule has 1 atom stereocenters. The number of hydrogen-bond donors (Lipinski definition) is 1. The molecule has 1 N–H and O–H groups in total. The van der Waals surface area contributed by atoms with Gasteiger partial charge in [0.1, 0.15) is 0 Å². The van der Waals surface area contributed by atoms with Gasteiger partial charge in [-0.3, -0.25) is 0 Å². The molecule has 1 saturated heterocycles. The minimum Gasteiger partial charge on any atom is -0.316 e. The molecule has 0 radical (unpaired) electrons. The first-order chi connectivity index (χ1) is 8.74. The van der Waals surface area contributed by atoms with Crippen LogP contribution in [0.25, 0.3) is 0 Å². The van der Waals surface area contributed by atoms with Gasteiger partial charge < -0.3 is 10.2 Å². The molecule has 0 bridgehead atoms. The predicted octanol–water partition coefficient (Wildman–Crippen LogP) is 3.37. The van der Waals surface area contributed by atoms with E-state index in [9.17, 15) is 0 Å². The van der Waals surface area contributed by atoms with E-state index in [0.717, 1.165) is 5.92 Å². The summed E-state index contributed by atoms with van der Waals surface area (Å²) in [6.45, 7) is 4.86. The van der Waals surface area contributed by atoms with Crippen LogP contribution in [0.1, 0.15) is 24.1 Å². The van der Waals surface area contributed by atoms with Gasteiger partial charge >= 0.3 is 0 Å². The van der Waals surface area contributed by atoms with Crippen molar-refractivity contribution in [3.05, 3.63) is 20.8 Å². The summed E-state index contributed by atoms with van der Waals surface area (Å²) in [4.78, 5) is 3.95. The van der Waals surface area contributed by atoms with Crippen LogP contribution in [-0.4, -0.2) is 38.1 Å². The second kappa shape index (κ2) is 7.63. The van der Waals surface area contributed by atoms with Gasteiger partial charge in [0.2, 0.25) is 0 Å². The van der Waals surface area contributed by atoms with Gasteiger partial charge in [0.25, 0.3) is 0 Å². The van der Waals surface area contributed by atoms with E-state index in [1.807, 2.05) is 11.3 Å². The van der Waals surface area contributed by atoms with Gasteiger partial charge in [-0.25, -0.2) is 0 Å². The molecule has 1 aromatic heterocycles. The fourth-order valence-electron chi connectivity index (χ4n) is 2.47. The number of hydrogen-bond acceptors (Lipinski definition) is 3. The molecular weight excluding hydrogens is 308 g/mol. The molecule has 0 aromatic carbocycles. The van der Waals surface area contributed by atoms with Crippen LogP contribution >= 0.6 is 27.3 Å². The number of rotatable bonds is 6. The van der Waals surface area contributed by atoms with Gasteiger partial charge in [-0.15, -0.1) is 11.3 Å². The molecule has 0 spiro atoms. The third-order valence-electron chi connectivity index (χ3n) is 3.69. The highest BCUT2D eigenvalue weighted by Gasteiger charge is 2.13. The van der Waals surface area contributed by atoms with Crippen molar-refractivity contribution < 1.29 is 0 Å². The van der Waals surface area contributed by atoms with Crippen LogP contribution in [0.5, 0.6) is 0 Å². The van der Waals surface area contributed by atoms with Gasteiger partial charge in [-0.1, -0.05) is 0 Å². The first kappa shape index (κ1) is 14.5. The molecule has 1 aliphatic heterocycles. The lowest BCUT2D eigenvalue weighted by atomic mass is 9.96. The summed E-state index contributed by atoms with van der Waals surface area (Å²) in [5.41, 5.74) is 0. The van der Waals surface area contributed by atoms with Crippen LogP contribution in [0, 0.1) is 5.92 Å². The van der Waals surface area contributed by atoms with E-state index < -0.39 is 0 Å². The fraction of sp³-hybridized carbons (Fsp3) is 0.714. The minimum absolute atomic E-state index is 0.900. The maximum Gasteiger partial charge on any atom is 0.0701 e. The van der Waals surface area contributed by atoms with Gasteiger partial charge in [0.05, 0.1) is 3.79 Å². The zero-order valence-corrected chi connectivity index (χ0v) is 13.5. The Morgan fingerprint density at radius 3 is 3.00 bits per heavy atom. The lowest BCUT2D eigenvalue weighted by Gasteiger charge is -2.25. The van der Waals surface area contributed by atoms with Crippen molar-refractivity contribution in [2.24, 2.45) is 5.92 Å². The van der Waals surface area contributed by atoms with E-state index in [1.165, 1.54) is 60.5 Å². The van der Waals surface area contributed by atoms with E-state index in [-0.39, 0.29) is 0 Å². The number of piperidine rings is 1. The third-order valence-corrected chi connectivity index (χ3v) is 5.37. The molecule has 1 fully saturated rings. The first-order valence-corrected chi connectivity index (χ1v) is 8.48. The number of thiophene rings is 1.